The molecule has 116 valence electrons. The molecule has 0 aliphatic rings. The molecule has 0 spiro atoms. The Kier molecular flexibility index (Phi) is 6.59. The Morgan fingerprint density at radius 3 is 2.19 bits per heavy atom. The first-order valence-corrected chi connectivity index (χ1v) is 7.18. The Morgan fingerprint density at radius 1 is 1.24 bits per heavy atom. The van der Waals surface area contributed by atoms with Crippen molar-refractivity contribution in [1.82, 2.24) is 0 Å². The van der Waals surface area contributed by atoms with Crippen molar-refractivity contribution in [3.8, 4) is 0 Å². The number of rotatable bonds is 8. The highest BCUT2D eigenvalue weighted by Gasteiger charge is 2.42. The van der Waals surface area contributed by atoms with Crippen molar-refractivity contribution in [2.75, 3.05) is 13.2 Å². The van der Waals surface area contributed by atoms with Crippen molar-refractivity contribution in [1.29, 1.82) is 0 Å². The SMILES string of the molecule is C=CC(=O)OC(C)C(OCC)(OCC)c1ccc(C)cc1. The fourth-order valence-corrected chi connectivity index (χ4v) is 2.19. The van der Waals surface area contributed by atoms with Crippen LogP contribution in [-0.4, -0.2) is 25.3 Å². The molecule has 4 nitrogen and oxygen atoms in total. The van der Waals surface area contributed by atoms with Crippen molar-refractivity contribution in [2.45, 2.75) is 39.6 Å². The van der Waals surface area contributed by atoms with Crippen molar-refractivity contribution in [2.24, 2.45) is 0 Å². The number of carbonyl (C=O) groups excluding carboxylic acids is 1. The van der Waals surface area contributed by atoms with Gasteiger partial charge in [-0.2, -0.15) is 0 Å². The van der Waals surface area contributed by atoms with Gasteiger partial charge in [0, 0.05) is 24.9 Å². The molecule has 0 aromatic heterocycles. The molecule has 0 aliphatic heterocycles. The van der Waals surface area contributed by atoms with E-state index in [0.717, 1.165) is 17.2 Å². The lowest BCUT2D eigenvalue weighted by atomic mass is 9.99. The molecule has 1 unspecified atom stereocenters. The first kappa shape index (κ1) is 17.4. The van der Waals surface area contributed by atoms with Crippen LogP contribution < -0.4 is 0 Å². The van der Waals surface area contributed by atoms with E-state index in [4.69, 9.17) is 14.2 Å². The van der Waals surface area contributed by atoms with Crippen LogP contribution in [0.1, 0.15) is 31.9 Å². The summed E-state index contributed by atoms with van der Waals surface area (Å²) in [6, 6.07) is 7.81. The fourth-order valence-electron chi connectivity index (χ4n) is 2.19. The Balaban J connectivity index is 3.21. The highest BCUT2D eigenvalue weighted by Crippen LogP contribution is 2.33. The van der Waals surface area contributed by atoms with Crippen LogP contribution in [0, 0.1) is 6.92 Å². The largest absolute Gasteiger partial charge is 0.453 e. The van der Waals surface area contributed by atoms with Gasteiger partial charge >= 0.3 is 5.97 Å². The van der Waals surface area contributed by atoms with E-state index in [2.05, 4.69) is 6.58 Å². The lowest BCUT2D eigenvalue weighted by Gasteiger charge is -2.37. The Labute approximate surface area is 126 Å². The number of carbonyl (C=O) groups is 1. The second-order valence-corrected chi connectivity index (χ2v) is 4.68. The number of ether oxygens (including phenoxy) is 3. The van der Waals surface area contributed by atoms with Gasteiger partial charge in [0.25, 0.3) is 0 Å². The predicted molar refractivity (Wildman–Crippen MR) is 81.9 cm³/mol. The third-order valence-corrected chi connectivity index (χ3v) is 3.17. The third-order valence-electron chi connectivity index (χ3n) is 3.17. The van der Waals surface area contributed by atoms with Gasteiger partial charge in [0.2, 0.25) is 5.79 Å². The molecule has 0 aliphatic carbocycles. The first-order chi connectivity index (χ1) is 10.00. The third kappa shape index (κ3) is 4.16. The predicted octanol–water partition coefficient (Wildman–Crippen LogP) is 3.34. The van der Waals surface area contributed by atoms with Crippen LogP contribution >= 0.6 is 0 Å². The lowest BCUT2D eigenvalue weighted by molar-refractivity contribution is -0.289. The second kappa shape index (κ2) is 7.96. The second-order valence-electron chi connectivity index (χ2n) is 4.68. The lowest BCUT2D eigenvalue weighted by Crippen LogP contribution is -2.45. The number of hydrogen-bond donors (Lipinski definition) is 0. The number of aryl methyl sites for hydroxylation is 1. The number of esters is 1. The summed E-state index contributed by atoms with van der Waals surface area (Å²) in [6.45, 7) is 11.8. The summed E-state index contributed by atoms with van der Waals surface area (Å²) >= 11 is 0. The summed E-state index contributed by atoms with van der Waals surface area (Å²) in [4.78, 5) is 11.5. The molecular formula is C17H24O4. The molecule has 0 fully saturated rings. The first-order valence-electron chi connectivity index (χ1n) is 7.18. The van der Waals surface area contributed by atoms with Gasteiger partial charge in [0.05, 0.1) is 0 Å². The van der Waals surface area contributed by atoms with Gasteiger partial charge in [0.1, 0.15) is 0 Å². The minimum Gasteiger partial charge on any atom is -0.453 e. The average Bonchev–Trinajstić information content (AvgIpc) is 2.47. The summed E-state index contributed by atoms with van der Waals surface area (Å²) in [5.41, 5.74) is 1.96. The summed E-state index contributed by atoms with van der Waals surface area (Å²) < 4.78 is 17.1. The van der Waals surface area contributed by atoms with Gasteiger partial charge < -0.3 is 14.2 Å². The number of hydrogen-bond acceptors (Lipinski definition) is 4. The van der Waals surface area contributed by atoms with Gasteiger partial charge in [0.15, 0.2) is 6.10 Å². The van der Waals surface area contributed by atoms with Gasteiger partial charge in [-0.05, 0) is 27.7 Å². The van der Waals surface area contributed by atoms with Gasteiger partial charge in [-0.25, -0.2) is 4.79 Å². The molecule has 0 saturated carbocycles. The summed E-state index contributed by atoms with van der Waals surface area (Å²) in [5, 5.41) is 0. The highest BCUT2D eigenvalue weighted by molar-refractivity contribution is 5.81. The normalized spacial score (nSPS) is 12.8. The van der Waals surface area contributed by atoms with Crippen LogP contribution in [0.25, 0.3) is 0 Å². The van der Waals surface area contributed by atoms with E-state index in [-0.39, 0.29) is 0 Å². The molecule has 0 radical (unpaired) electrons. The van der Waals surface area contributed by atoms with Crippen LogP contribution in [0.15, 0.2) is 36.9 Å². The Morgan fingerprint density at radius 2 is 1.76 bits per heavy atom. The van der Waals surface area contributed by atoms with Crippen molar-refractivity contribution in [3.63, 3.8) is 0 Å². The van der Waals surface area contributed by atoms with Crippen molar-refractivity contribution in [3.05, 3.63) is 48.0 Å². The van der Waals surface area contributed by atoms with Crippen LogP contribution in [-0.2, 0) is 24.8 Å². The fraction of sp³-hybridized carbons (Fsp3) is 0.471. The zero-order chi connectivity index (χ0) is 15.9. The smallest absolute Gasteiger partial charge is 0.330 e. The van der Waals surface area contributed by atoms with Gasteiger partial charge in [-0.15, -0.1) is 0 Å². The quantitative estimate of drug-likeness (QED) is 0.419. The van der Waals surface area contributed by atoms with E-state index in [1.54, 1.807) is 6.92 Å². The molecule has 0 N–H and O–H groups in total. The maximum Gasteiger partial charge on any atom is 0.330 e. The van der Waals surface area contributed by atoms with Crippen molar-refractivity contribution >= 4 is 5.97 Å². The van der Waals surface area contributed by atoms with E-state index in [1.807, 2.05) is 45.0 Å². The minimum atomic E-state index is -1.12. The zero-order valence-corrected chi connectivity index (χ0v) is 13.2. The summed E-state index contributed by atoms with van der Waals surface area (Å²) in [7, 11) is 0. The highest BCUT2D eigenvalue weighted by atomic mass is 16.7. The summed E-state index contributed by atoms with van der Waals surface area (Å²) in [6.07, 6.45) is 0.527. The molecule has 1 rings (SSSR count). The Bertz CT molecular complexity index is 458. The monoisotopic (exact) mass is 292 g/mol. The Hall–Kier alpha value is -1.65. The zero-order valence-electron chi connectivity index (χ0n) is 13.2. The van der Waals surface area contributed by atoms with Crippen LogP contribution in [0.3, 0.4) is 0 Å². The molecule has 4 heteroatoms. The topological polar surface area (TPSA) is 44.8 Å². The minimum absolute atomic E-state index is 0.434. The maximum atomic E-state index is 11.5. The van der Waals surface area contributed by atoms with Crippen LogP contribution in [0.2, 0.25) is 0 Å². The van der Waals surface area contributed by atoms with Crippen molar-refractivity contribution < 1.29 is 19.0 Å². The molecule has 0 heterocycles. The van der Waals surface area contributed by atoms with Crippen LogP contribution in [0.4, 0.5) is 0 Å². The standard InChI is InChI=1S/C17H24O4/c1-6-16(18)21-14(5)17(19-7-2,20-8-3)15-11-9-13(4)10-12-15/h6,9-12,14H,1,7-8H2,2-5H3. The van der Waals surface area contributed by atoms with E-state index >= 15 is 0 Å². The van der Waals surface area contributed by atoms with E-state index in [9.17, 15) is 4.79 Å². The van der Waals surface area contributed by atoms with E-state index < -0.39 is 17.9 Å². The number of benzene rings is 1. The van der Waals surface area contributed by atoms with E-state index in [0.29, 0.717) is 13.2 Å². The molecule has 1 atom stereocenters. The molecule has 0 bridgehead atoms. The summed E-state index contributed by atoms with van der Waals surface area (Å²) in [5.74, 6) is -1.62. The molecule has 0 saturated heterocycles. The maximum absolute atomic E-state index is 11.5. The van der Waals surface area contributed by atoms with Crippen LogP contribution in [0.5, 0.6) is 0 Å². The average molecular weight is 292 g/mol. The van der Waals surface area contributed by atoms with Gasteiger partial charge in [-0.1, -0.05) is 36.4 Å². The van der Waals surface area contributed by atoms with E-state index in [1.165, 1.54) is 0 Å². The molecule has 0 amide bonds. The molecular weight excluding hydrogens is 268 g/mol. The van der Waals surface area contributed by atoms with Gasteiger partial charge in [-0.3, -0.25) is 0 Å². The molecule has 21 heavy (non-hydrogen) atoms. The molecule has 1 aromatic carbocycles. The molecule has 1 aromatic rings.